The SMILES string of the molecule is CC1(C)CC1(NC(=O)c1cccc2c1OCCN2)c1ccccc1. The molecule has 4 heteroatoms. The Labute approximate surface area is 142 Å². The number of para-hydroxylation sites is 1. The van der Waals surface area contributed by atoms with Gasteiger partial charge in [0.2, 0.25) is 0 Å². The van der Waals surface area contributed by atoms with Crippen LogP contribution in [0.15, 0.2) is 48.5 Å². The van der Waals surface area contributed by atoms with E-state index in [1.54, 1.807) is 0 Å². The van der Waals surface area contributed by atoms with Gasteiger partial charge in [-0.05, 0) is 29.5 Å². The lowest BCUT2D eigenvalue weighted by molar-refractivity contribution is 0.0916. The maximum atomic E-state index is 13.0. The van der Waals surface area contributed by atoms with Crippen LogP contribution in [0.2, 0.25) is 0 Å². The van der Waals surface area contributed by atoms with Crippen LogP contribution in [0.25, 0.3) is 0 Å². The van der Waals surface area contributed by atoms with Crippen molar-refractivity contribution in [3.63, 3.8) is 0 Å². The molecule has 0 bridgehead atoms. The van der Waals surface area contributed by atoms with Gasteiger partial charge in [0.25, 0.3) is 5.91 Å². The average Bonchev–Trinajstić information content (AvgIpc) is 3.16. The Morgan fingerprint density at radius 2 is 1.88 bits per heavy atom. The molecule has 4 nitrogen and oxygen atoms in total. The standard InChI is InChI=1S/C20H22N2O2/c1-19(2)13-20(19,14-7-4-3-5-8-14)22-18(23)15-9-6-10-16-17(15)24-12-11-21-16/h3-10,21H,11-13H2,1-2H3,(H,22,23). The van der Waals surface area contributed by atoms with Gasteiger partial charge in [-0.2, -0.15) is 0 Å². The monoisotopic (exact) mass is 322 g/mol. The third kappa shape index (κ3) is 2.25. The Morgan fingerprint density at radius 1 is 1.12 bits per heavy atom. The van der Waals surface area contributed by atoms with Crippen molar-refractivity contribution in [2.75, 3.05) is 18.5 Å². The first-order chi connectivity index (χ1) is 11.5. The van der Waals surface area contributed by atoms with E-state index in [1.807, 2.05) is 36.4 Å². The third-order valence-electron chi connectivity index (χ3n) is 5.25. The second kappa shape index (κ2) is 5.26. The Bertz CT molecular complexity index is 785. The highest BCUT2D eigenvalue weighted by Gasteiger charge is 2.63. The summed E-state index contributed by atoms with van der Waals surface area (Å²) in [6, 6.07) is 15.9. The van der Waals surface area contributed by atoms with E-state index in [9.17, 15) is 4.79 Å². The first-order valence-corrected chi connectivity index (χ1v) is 8.41. The molecule has 124 valence electrons. The lowest BCUT2D eigenvalue weighted by Crippen LogP contribution is -2.38. The van der Waals surface area contributed by atoms with Gasteiger partial charge < -0.3 is 15.4 Å². The Kier molecular flexibility index (Phi) is 3.30. The van der Waals surface area contributed by atoms with Crippen LogP contribution in [0, 0.1) is 5.41 Å². The Balaban J connectivity index is 1.67. The number of benzene rings is 2. The van der Waals surface area contributed by atoms with Crippen LogP contribution in [0.5, 0.6) is 5.75 Å². The highest BCUT2D eigenvalue weighted by atomic mass is 16.5. The number of hydrogen-bond acceptors (Lipinski definition) is 3. The highest BCUT2D eigenvalue weighted by molar-refractivity contribution is 5.99. The summed E-state index contributed by atoms with van der Waals surface area (Å²) in [6.45, 7) is 5.73. The molecule has 1 atom stereocenters. The van der Waals surface area contributed by atoms with Crippen molar-refractivity contribution >= 4 is 11.6 Å². The fourth-order valence-electron chi connectivity index (χ4n) is 3.73. The predicted octanol–water partition coefficient (Wildman–Crippen LogP) is 3.55. The Morgan fingerprint density at radius 3 is 2.58 bits per heavy atom. The van der Waals surface area contributed by atoms with E-state index < -0.39 is 0 Å². The number of nitrogens with one attached hydrogen (secondary N) is 2. The number of carbonyl (C=O) groups excluding carboxylic acids is 1. The van der Waals surface area contributed by atoms with Crippen molar-refractivity contribution in [3.05, 3.63) is 59.7 Å². The third-order valence-corrected chi connectivity index (χ3v) is 5.25. The zero-order chi connectivity index (χ0) is 16.8. The fourth-order valence-corrected chi connectivity index (χ4v) is 3.73. The van der Waals surface area contributed by atoms with Crippen molar-refractivity contribution in [3.8, 4) is 5.75 Å². The molecule has 0 aromatic heterocycles. The van der Waals surface area contributed by atoms with E-state index in [0.29, 0.717) is 17.9 Å². The molecule has 2 aromatic carbocycles. The van der Waals surface area contributed by atoms with E-state index >= 15 is 0 Å². The van der Waals surface area contributed by atoms with Gasteiger partial charge in [-0.3, -0.25) is 4.79 Å². The van der Waals surface area contributed by atoms with Gasteiger partial charge in [-0.25, -0.2) is 0 Å². The number of ether oxygens (including phenoxy) is 1. The summed E-state index contributed by atoms with van der Waals surface area (Å²) in [7, 11) is 0. The summed E-state index contributed by atoms with van der Waals surface area (Å²) >= 11 is 0. The molecule has 1 amide bonds. The van der Waals surface area contributed by atoms with E-state index in [2.05, 4.69) is 36.6 Å². The smallest absolute Gasteiger partial charge is 0.255 e. The molecule has 2 N–H and O–H groups in total. The van der Waals surface area contributed by atoms with Crippen LogP contribution >= 0.6 is 0 Å². The Hall–Kier alpha value is -2.49. The van der Waals surface area contributed by atoms with Gasteiger partial charge in [0.15, 0.2) is 5.75 Å². The van der Waals surface area contributed by atoms with Crippen molar-refractivity contribution in [1.29, 1.82) is 0 Å². The number of carbonyl (C=O) groups is 1. The van der Waals surface area contributed by atoms with Crippen LogP contribution in [0.3, 0.4) is 0 Å². The first-order valence-electron chi connectivity index (χ1n) is 8.41. The lowest BCUT2D eigenvalue weighted by atomic mass is 9.95. The molecule has 0 saturated heterocycles. The van der Waals surface area contributed by atoms with E-state index in [0.717, 1.165) is 24.2 Å². The van der Waals surface area contributed by atoms with Gasteiger partial charge in [0.05, 0.1) is 16.8 Å². The molecule has 1 unspecified atom stereocenters. The van der Waals surface area contributed by atoms with Crippen LogP contribution in [-0.4, -0.2) is 19.1 Å². The predicted molar refractivity (Wildman–Crippen MR) is 94.4 cm³/mol. The van der Waals surface area contributed by atoms with Crippen molar-refractivity contribution < 1.29 is 9.53 Å². The molecule has 0 spiro atoms. The molecule has 24 heavy (non-hydrogen) atoms. The number of amides is 1. The number of fused-ring (bicyclic) bond motifs is 1. The van der Waals surface area contributed by atoms with E-state index in [-0.39, 0.29) is 16.9 Å². The van der Waals surface area contributed by atoms with Gasteiger partial charge in [-0.15, -0.1) is 0 Å². The van der Waals surface area contributed by atoms with Crippen molar-refractivity contribution in [2.45, 2.75) is 25.8 Å². The molecular weight excluding hydrogens is 300 g/mol. The van der Waals surface area contributed by atoms with Gasteiger partial charge in [-0.1, -0.05) is 50.2 Å². The van der Waals surface area contributed by atoms with Crippen molar-refractivity contribution in [2.24, 2.45) is 5.41 Å². The minimum absolute atomic E-state index is 0.0396. The molecule has 0 radical (unpaired) electrons. The summed E-state index contributed by atoms with van der Waals surface area (Å²) < 4.78 is 5.74. The topological polar surface area (TPSA) is 50.4 Å². The van der Waals surface area contributed by atoms with Crippen molar-refractivity contribution in [1.82, 2.24) is 5.32 Å². The van der Waals surface area contributed by atoms with Gasteiger partial charge >= 0.3 is 0 Å². The van der Waals surface area contributed by atoms with Crippen LogP contribution < -0.4 is 15.4 Å². The second-order valence-corrected chi connectivity index (χ2v) is 7.24. The molecule has 1 aliphatic carbocycles. The van der Waals surface area contributed by atoms with Crippen LogP contribution in [-0.2, 0) is 5.54 Å². The summed E-state index contributed by atoms with van der Waals surface area (Å²) in [4.78, 5) is 13.0. The fraction of sp³-hybridized carbons (Fsp3) is 0.350. The summed E-state index contributed by atoms with van der Waals surface area (Å²) in [5.74, 6) is 0.577. The minimum Gasteiger partial charge on any atom is -0.489 e. The largest absolute Gasteiger partial charge is 0.489 e. The summed E-state index contributed by atoms with van der Waals surface area (Å²) in [5, 5.41) is 6.57. The molecule has 1 fully saturated rings. The normalized spacial score (nSPS) is 23.4. The molecule has 1 saturated carbocycles. The number of rotatable bonds is 3. The molecule has 2 aliphatic rings. The average molecular weight is 322 g/mol. The maximum absolute atomic E-state index is 13.0. The van der Waals surface area contributed by atoms with E-state index in [4.69, 9.17) is 4.74 Å². The van der Waals surface area contributed by atoms with Crippen LogP contribution in [0.4, 0.5) is 5.69 Å². The summed E-state index contributed by atoms with van der Waals surface area (Å²) in [6.07, 6.45) is 0.934. The zero-order valence-corrected chi connectivity index (χ0v) is 14.1. The number of anilines is 1. The highest BCUT2D eigenvalue weighted by Crippen LogP contribution is 2.62. The molecule has 1 heterocycles. The lowest BCUT2D eigenvalue weighted by Gasteiger charge is -2.25. The second-order valence-electron chi connectivity index (χ2n) is 7.24. The number of hydrogen-bond donors (Lipinski definition) is 2. The molecular formula is C20H22N2O2. The maximum Gasteiger partial charge on any atom is 0.255 e. The summed E-state index contributed by atoms with van der Waals surface area (Å²) in [5.41, 5.74) is 2.37. The van der Waals surface area contributed by atoms with Gasteiger partial charge in [0, 0.05) is 6.54 Å². The zero-order valence-electron chi connectivity index (χ0n) is 14.1. The van der Waals surface area contributed by atoms with Gasteiger partial charge in [0.1, 0.15) is 6.61 Å². The molecule has 1 aliphatic heterocycles. The first kappa shape index (κ1) is 15.1. The molecule has 4 rings (SSSR count). The molecule has 2 aromatic rings. The van der Waals surface area contributed by atoms with Crippen LogP contribution in [0.1, 0.15) is 36.2 Å². The van der Waals surface area contributed by atoms with E-state index in [1.165, 1.54) is 0 Å². The minimum atomic E-state index is -0.309. The quantitative estimate of drug-likeness (QED) is 0.908.